The molecule has 2 heterocycles. The summed E-state index contributed by atoms with van der Waals surface area (Å²) in [5.74, 6) is 0.256. The molecule has 0 bridgehead atoms. The van der Waals surface area contributed by atoms with Crippen LogP contribution < -0.4 is 4.74 Å². The van der Waals surface area contributed by atoms with Gasteiger partial charge in [0.2, 0.25) is 0 Å². The molecule has 0 atom stereocenters. The van der Waals surface area contributed by atoms with E-state index in [2.05, 4.69) is 13.0 Å². The molecule has 0 N–H and O–H groups in total. The maximum atomic E-state index is 12.7. The normalized spacial score (nSPS) is 11.1. The molecule has 0 amide bonds. The second-order valence-corrected chi connectivity index (χ2v) is 5.76. The highest BCUT2D eigenvalue weighted by atomic mass is 16.5. The number of carbonyl (C=O) groups excluding carboxylic acids is 1. The van der Waals surface area contributed by atoms with Crippen LogP contribution in [0.25, 0.3) is 16.4 Å². The second kappa shape index (κ2) is 8.21. The summed E-state index contributed by atoms with van der Waals surface area (Å²) in [6, 6.07) is 13.1. The first kappa shape index (κ1) is 17.6. The third-order valence-corrected chi connectivity index (χ3v) is 4.04. The Balaban J connectivity index is 1.96. The Morgan fingerprint density at radius 1 is 1.23 bits per heavy atom. The van der Waals surface area contributed by atoms with Gasteiger partial charge >= 0.3 is 5.97 Å². The van der Waals surface area contributed by atoms with E-state index in [1.165, 1.54) is 0 Å². The Hall–Kier alpha value is -3.26. The smallest absolute Gasteiger partial charge is 0.340 e. The minimum absolute atomic E-state index is 0.0189. The van der Waals surface area contributed by atoms with Gasteiger partial charge in [0.1, 0.15) is 11.8 Å². The molecule has 0 aliphatic heterocycles. The fraction of sp³-hybridized carbons (Fsp3) is 0.238. The number of aromatic nitrogens is 1. The van der Waals surface area contributed by atoms with Crippen LogP contribution in [-0.4, -0.2) is 23.6 Å². The fourth-order valence-corrected chi connectivity index (χ4v) is 2.91. The number of rotatable bonds is 7. The van der Waals surface area contributed by atoms with Crippen molar-refractivity contribution in [2.75, 3.05) is 13.2 Å². The van der Waals surface area contributed by atoms with Crippen molar-refractivity contribution in [3.8, 4) is 11.8 Å². The Labute approximate surface area is 152 Å². The number of esters is 1. The lowest BCUT2D eigenvalue weighted by molar-refractivity contribution is 0.0516. The van der Waals surface area contributed by atoms with Gasteiger partial charge in [0.25, 0.3) is 0 Å². The minimum Gasteiger partial charge on any atom is -0.479 e. The molecule has 0 fully saturated rings. The van der Waals surface area contributed by atoms with Crippen molar-refractivity contribution in [1.29, 1.82) is 5.26 Å². The molecule has 2 aromatic heterocycles. The van der Waals surface area contributed by atoms with Gasteiger partial charge in [0.05, 0.1) is 23.2 Å². The lowest BCUT2D eigenvalue weighted by atomic mass is 10.1. The fourth-order valence-electron chi connectivity index (χ4n) is 2.91. The molecule has 0 saturated carbocycles. The van der Waals surface area contributed by atoms with Gasteiger partial charge in [-0.2, -0.15) is 5.26 Å². The number of pyridine rings is 1. The zero-order valence-electron chi connectivity index (χ0n) is 14.6. The van der Waals surface area contributed by atoms with E-state index in [9.17, 15) is 4.79 Å². The zero-order valence-corrected chi connectivity index (χ0v) is 14.6. The Morgan fingerprint density at radius 2 is 2.12 bits per heavy atom. The molecular weight excluding hydrogens is 328 g/mol. The summed E-state index contributed by atoms with van der Waals surface area (Å²) >= 11 is 0. The van der Waals surface area contributed by atoms with E-state index in [1.807, 2.05) is 53.1 Å². The van der Waals surface area contributed by atoms with Crippen LogP contribution in [-0.2, 0) is 4.74 Å². The summed E-state index contributed by atoms with van der Waals surface area (Å²) in [6.45, 7) is 2.40. The molecule has 26 heavy (non-hydrogen) atoms. The van der Waals surface area contributed by atoms with E-state index < -0.39 is 0 Å². The Kier molecular flexibility index (Phi) is 5.55. The molecule has 0 unspecified atom stereocenters. The number of fused-ring (bicyclic) bond motifs is 3. The van der Waals surface area contributed by atoms with Gasteiger partial charge in [-0.3, -0.25) is 0 Å². The van der Waals surface area contributed by atoms with Crippen LogP contribution in [0.2, 0.25) is 0 Å². The quantitative estimate of drug-likeness (QED) is 0.358. The lowest BCUT2D eigenvalue weighted by Gasteiger charge is -2.04. The first-order valence-corrected chi connectivity index (χ1v) is 8.61. The van der Waals surface area contributed by atoms with E-state index in [-0.39, 0.29) is 12.6 Å². The molecule has 0 radical (unpaired) electrons. The highest BCUT2D eigenvalue weighted by Crippen LogP contribution is 2.30. The molecule has 5 nitrogen and oxygen atoms in total. The number of allylic oxidation sites excluding steroid dienone is 1. The van der Waals surface area contributed by atoms with E-state index in [0.717, 1.165) is 22.8 Å². The average Bonchev–Trinajstić information content (AvgIpc) is 3.00. The number of nitrogens with zero attached hydrogens (tertiary/aromatic N) is 2. The van der Waals surface area contributed by atoms with Crippen molar-refractivity contribution in [3.05, 3.63) is 60.3 Å². The molecular formula is C21H20N2O3. The molecule has 3 aromatic rings. The monoisotopic (exact) mass is 348 g/mol. The van der Waals surface area contributed by atoms with Gasteiger partial charge in [-0.25, -0.2) is 4.79 Å². The largest absolute Gasteiger partial charge is 0.479 e. The predicted molar refractivity (Wildman–Crippen MR) is 100 cm³/mol. The Bertz CT molecular complexity index is 996. The van der Waals surface area contributed by atoms with Gasteiger partial charge in [-0.1, -0.05) is 25.1 Å². The summed E-state index contributed by atoms with van der Waals surface area (Å²) in [5, 5.41) is 9.48. The predicted octanol–water partition coefficient (Wildman–Crippen LogP) is 4.51. The third-order valence-electron chi connectivity index (χ3n) is 4.04. The lowest BCUT2D eigenvalue weighted by Crippen LogP contribution is -2.06. The molecule has 0 aliphatic carbocycles. The maximum Gasteiger partial charge on any atom is 0.340 e. The standard InChI is InChI=1S/C21H20N2O3/c1-2-3-4-7-13-26-21(24)20-17-10-9-16(25-14-11-22)15-19(17)23-12-6-5-8-18(20)23/h3-6,8-10,12,15H,2,7,13-14H2,1H3/b4-3+. The third kappa shape index (κ3) is 3.55. The SMILES string of the molecule is CC/C=C/CCOC(=O)c1c2ccc(OCC#N)cc2n2ccccc12. The molecule has 1 aromatic carbocycles. The second-order valence-electron chi connectivity index (χ2n) is 5.76. The van der Waals surface area contributed by atoms with E-state index in [4.69, 9.17) is 14.7 Å². The summed E-state index contributed by atoms with van der Waals surface area (Å²) in [7, 11) is 0. The number of hydrogen-bond donors (Lipinski definition) is 0. The minimum atomic E-state index is -0.334. The van der Waals surface area contributed by atoms with Crippen LogP contribution in [0.4, 0.5) is 0 Å². The number of ether oxygens (including phenoxy) is 2. The summed E-state index contributed by atoms with van der Waals surface area (Å²) < 4.78 is 12.8. The number of benzene rings is 1. The van der Waals surface area contributed by atoms with Crippen molar-refractivity contribution in [2.45, 2.75) is 19.8 Å². The van der Waals surface area contributed by atoms with Gasteiger partial charge in [0.15, 0.2) is 6.61 Å². The van der Waals surface area contributed by atoms with Crippen LogP contribution in [0.15, 0.2) is 54.7 Å². The maximum absolute atomic E-state index is 12.7. The number of hydrogen-bond acceptors (Lipinski definition) is 4. The summed E-state index contributed by atoms with van der Waals surface area (Å²) in [4.78, 5) is 12.7. The summed E-state index contributed by atoms with van der Waals surface area (Å²) in [5.41, 5.74) is 2.18. The van der Waals surface area contributed by atoms with Crippen LogP contribution in [0.1, 0.15) is 30.1 Å². The van der Waals surface area contributed by atoms with Crippen molar-refractivity contribution in [3.63, 3.8) is 0 Å². The molecule has 0 aliphatic rings. The highest BCUT2D eigenvalue weighted by Gasteiger charge is 2.19. The van der Waals surface area contributed by atoms with E-state index >= 15 is 0 Å². The molecule has 0 spiro atoms. The summed E-state index contributed by atoms with van der Waals surface area (Å²) in [6.07, 6.45) is 7.64. The van der Waals surface area contributed by atoms with Gasteiger partial charge in [-0.05, 0) is 37.1 Å². The van der Waals surface area contributed by atoms with Crippen LogP contribution in [0.3, 0.4) is 0 Å². The van der Waals surface area contributed by atoms with Crippen molar-refractivity contribution >= 4 is 22.4 Å². The first-order valence-electron chi connectivity index (χ1n) is 8.61. The van der Waals surface area contributed by atoms with E-state index in [0.29, 0.717) is 24.3 Å². The van der Waals surface area contributed by atoms with Crippen molar-refractivity contribution in [1.82, 2.24) is 4.40 Å². The molecule has 132 valence electrons. The molecule has 3 rings (SSSR count). The van der Waals surface area contributed by atoms with Gasteiger partial charge < -0.3 is 13.9 Å². The van der Waals surface area contributed by atoms with Crippen LogP contribution in [0, 0.1) is 11.3 Å². The highest BCUT2D eigenvalue weighted by molar-refractivity contribution is 6.11. The molecule has 5 heteroatoms. The number of nitriles is 1. The zero-order chi connectivity index (χ0) is 18.4. The first-order chi connectivity index (χ1) is 12.8. The number of carbonyl (C=O) groups is 1. The topological polar surface area (TPSA) is 63.7 Å². The molecule has 0 saturated heterocycles. The van der Waals surface area contributed by atoms with Crippen LogP contribution in [0.5, 0.6) is 5.75 Å². The van der Waals surface area contributed by atoms with E-state index in [1.54, 1.807) is 6.07 Å². The van der Waals surface area contributed by atoms with Crippen LogP contribution >= 0.6 is 0 Å². The van der Waals surface area contributed by atoms with Gasteiger partial charge in [-0.15, -0.1) is 0 Å². The van der Waals surface area contributed by atoms with Crippen molar-refractivity contribution in [2.24, 2.45) is 0 Å². The Morgan fingerprint density at radius 3 is 2.92 bits per heavy atom. The average molecular weight is 348 g/mol. The van der Waals surface area contributed by atoms with Crippen molar-refractivity contribution < 1.29 is 14.3 Å². The van der Waals surface area contributed by atoms with Gasteiger partial charge in [0, 0.05) is 17.6 Å².